The summed E-state index contributed by atoms with van der Waals surface area (Å²) in [7, 11) is 0. The molecule has 3 rings (SSSR count). The first-order chi connectivity index (χ1) is 10.1. The molecule has 1 aromatic rings. The van der Waals surface area contributed by atoms with Crippen molar-refractivity contribution in [1.29, 1.82) is 5.26 Å². The van der Waals surface area contributed by atoms with E-state index in [-0.39, 0.29) is 11.9 Å². The Morgan fingerprint density at radius 1 is 1.48 bits per heavy atom. The van der Waals surface area contributed by atoms with E-state index in [4.69, 9.17) is 5.26 Å². The number of pyridine rings is 1. The molecule has 0 radical (unpaired) electrons. The molecule has 1 aliphatic heterocycles. The molecule has 5 nitrogen and oxygen atoms in total. The number of halogens is 1. The van der Waals surface area contributed by atoms with Gasteiger partial charge >= 0.3 is 0 Å². The number of hydrogen-bond donors (Lipinski definition) is 0. The zero-order valence-electron chi connectivity index (χ0n) is 11.9. The molecule has 110 valence electrons. The van der Waals surface area contributed by atoms with Crippen LogP contribution in [0.5, 0.6) is 0 Å². The quantitative estimate of drug-likeness (QED) is 0.775. The molecular weight excluding hydrogens is 271 g/mol. The summed E-state index contributed by atoms with van der Waals surface area (Å²) in [4.78, 5) is 20.0. The van der Waals surface area contributed by atoms with E-state index in [9.17, 15) is 9.18 Å². The lowest BCUT2D eigenvalue weighted by Gasteiger charge is -2.41. The van der Waals surface area contributed by atoms with E-state index in [1.807, 2.05) is 11.8 Å². The van der Waals surface area contributed by atoms with E-state index in [2.05, 4.69) is 11.1 Å². The zero-order valence-corrected chi connectivity index (χ0v) is 11.9. The van der Waals surface area contributed by atoms with Gasteiger partial charge in [0.25, 0.3) is 0 Å². The standard InChI is InChI=1S/C15H17FN4O/c1-11-9-19(14(21)15(10-17)5-6-15)7-8-20(11)13-4-2-3-12(16)18-13/h2-4,11H,5-9H2,1H3. The lowest BCUT2D eigenvalue weighted by molar-refractivity contribution is -0.135. The van der Waals surface area contributed by atoms with Crippen LogP contribution in [0.1, 0.15) is 19.8 Å². The summed E-state index contributed by atoms with van der Waals surface area (Å²) in [6.07, 6.45) is 1.34. The molecule has 0 bridgehead atoms. The van der Waals surface area contributed by atoms with Gasteiger partial charge < -0.3 is 9.80 Å². The number of carbonyl (C=O) groups is 1. The highest BCUT2D eigenvalue weighted by Crippen LogP contribution is 2.46. The van der Waals surface area contributed by atoms with Gasteiger partial charge in [0.15, 0.2) is 0 Å². The van der Waals surface area contributed by atoms with Crippen LogP contribution in [0.4, 0.5) is 10.2 Å². The highest BCUT2D eigenvalue weighted by molar-refractivity contribution is 5.88. The molecule has 1 aliphatic carbocycles. The van der Waals surface area contributed by atoms with E-state index in [1.165, 1.54) is 6.07 Å². The molecule has 0 aromatic carbocycles. The summed E-state index contributed by atoms with van der Waals surface area (Å²) in [5.74, 6) is 0.0411. The van der Waals surface area contributed by atoms with Gasteiger partial charge in [0.1, 0.15) is 11.2 Å². The molecule has 2 heterocycles. The van der Waals surface area contributed by atoms with Crippen molar-refractivity contribution in [1.82, 2.24) is 9.88 Å². The Balaban J connectivity index is 1.70. The molecule has 1 unspecified atom stereocenters. The predicted molar refractivity (Wildman–Crippen MR) is 74.9 cm³/mol. The summed E-state index contributed by atoms with van der Waals surface area (Å²) in [6, 6.07) is 6.92. The number of anilines is 1. The number of piperazine rings is 1. The molecule has 6 heteroatoms. The third-order valence-electron chi connectivity index (χ3n) is 4.28. The Labute approximate surface area is 123 Å². The second kappa shape index (κ2) is 4.99. The van der Waals surface area contributed by atoms with Crippen LogP contribution < -0.4 is 4.90 Å². The van der Waals surface area contributed by atoms with Gasteiger partial charge in [0.05, 0.1) is 6.07 Å². The predicted octanol–water partition coefficient (Wildman–Crippen LogP) is 1.56. The minimum Gasteiger partial charge on any atom is -0.350 e. The summed E-state index contributed by atoms with van der Waals surface area (Å²) in [5, 5.41) is 9.12. The number of carbonyl (C=O) groups excluding carboxylic acids is 1. The number of hydrogen-bond acceptors (Lipinski definition) is 4. The molecule has 2 aliphatic rings. The van der Waals surface area contributed by atoms with Crippen molar-refractivity contribution in [3.63, 3.8) is 0 Å². The van der Waals surface area contributed by atoms with Crippen LogP contribution in [0.2, 0.25) is 0 Å². The molecule has 21 heavy (non-hydrogen) atoms. The molecule has 1 saturated carbocycles. The van der Waals surface area contributed by atoms with Gasteiger partial charge in [0, 0.05) is 25.7 Å². The summed E-state index contributed by atoms with van der Waals surface area (Å²) in [5.41, 5.74) is -0.765. The van der Waals surface area contributed by atoms with E-state index < -0.39 is 11.4 Å². The van der Waals surface area contributed by atoms with Gasteiger partial charge in [-0.25, -0.2) is 4.98 Å². The molecule has 1 atom stereocenters. The number of nitrogens with zero attached hydrogens (tertiary/aromatic N) is 4. The van der Waals surface area contributed by atoms with Gasteiger partial charge in [-0.1, -0.05) is 6.07 Å². The highest BCUT2D eigenvalue weighted by atomic mass is 19.1. The Kier molecular flexibility index (Phi) is 3.28. The van der Waals surface area contributed by atoms with Gasteiger partial charge in [0.2, 0.25) is 11.9 Å². The molecule has 0 N–H and O–H groups in total. The minimum atomic E-state index is -0.765. The molecule has 1 saturated heterocycles. The fraction of sp³-hybridized carbons (Fsp3) is 0.533. The monoisotopic (exact) mass is 288 g/mol. The van der Waals surface area contributed by atoms with Crippen LogP contribution in [0.25, 0.3) is 0 Å². The maximum absolute atomic E-state index is 13.2. The van der Waals surface area contributed by atoms with Crippen LogP contribution in [-0.2, 0) is 4.79 Å². The SMILES string of the molecule is CC1CN(C(=O)C2(C#N)CC2)CCN1c1cccc(F)n1. The van der Waals surface area contributed by atoms with Crippen LogP contribution >= 0.6 is 0 Å². The van der Waals surface area contributed by atoms with E-state index in [0.717, 1.165) is 0 Å². The van der Waals surface area contributed by atoms with Crippen molar-refractivity contribution >= 4 is 11.7 Å². The van der Waals surface area contributed by atoms with Gasteiger partial charge in [-0.3, -0.25) is 4.79 Å². The van der Waals surface area contributed by atoms with Gasteiger partial charge in [-0.15, -0.1) is 0 Å². The minimum absolute atomic E-state index is 0.0477. The average molecular weight is 288 g/mol. The van der Waals surface area contributed by atoms with Gasteiger partial charge in [-0.2, -0.15) is 9.65 Å². The zero-order chi connectivity index (χ0) is 15.0. The first-order valence-corrected chi connectivity index (χ1v) is 7.15. The van der Waals surface area contributed by atoms with E-state index >= 15 is 0 Å². The van der Waals surface area contributed by atoms with E-state index in [0.29, 0.717) is 38.3 Å². The maximum atomic E-state index is 13.2. The van der Waals surface area contributed by atoms with Crippen LogP contribution in [0.15, 0.2) is 18.2 Å². The second-order valence-electron chi connectivity index (χ2n) is 5.81. The first-order valence-electron chi connectivity index (χ1n) is 7.15. The number of aromatic nitrogens is 1. The van der Waals surface area contributed by atoms with Crippen molar-refractivity contribution in [3.05, 3.63) is 24.1 Å². The highest BCUT2D eigenvalue weighted by Gasteiger charge is 2.53. The number of rotatable bonds is 2. The Hall–Kier alpha value is -2.16. The third-order valence-corrected chi connectivity index (χ3v) is 4.28. The molecule has 2 fully saturated rings. The lowest BCUT2D eigenvalue weighted by atomic mass is 10.1. The van der Waals surface area contributed by atoms with Crippen molar-refractivity contribution in [2.24, 2.45) is 5.41 Å². The number of nitriles is 1. The fourth-order valence-corrected chi connectivity index (χ4v) is 2.84. The van der Waals surface area contributed by atoms with Gasteiger partial charge in [-0.05, 0) is 31.9 Å². The Morgan fingerprint density at radius 2 is 2.24 bits per heavy atom. The van der Waals surface area contributed by atoms with Crippen molar-refractivity contribution in [2.75, 3.05) is 24.5 Å². The smallest absolute Gasteiger partial charge is 0.243 e. The van der Waals surface area contributed by atoms with Crippen LogP contribution in [0.3, 0.4) is 0 Å². The largest absolute Gasteiger partial charge is 0.350 e. The van der Waals surface area contributed by atoms with Crippen LogP contribution in [-0.4, -0.2) is 41.5 Å². The maximum Gasteiger partial charge on any atom is 0.243 e. The normalized spacial score (nSPS) is 23.6. The Bertz CT molecular complexity index is 608. The molecule has 0 spiro atoms. The molecule has 1 amide bonds. The third kappa shape index (κ3) is 2.44. The topological polar surface area (TPSA) is 60.2 Å². The van der Waals surface area contributed by atoms with Crippen molar-refractivity contribution in [3.8, 4) is 6.07 Å². The van der Waals surface area contributed by atoms with Crippen molar-refractivity contribution < 1.29 is 9.18 Å². The molecule has 1 aromatic heterocycles. The molecular formula is C15H17FN4O. The lowest BCUT2D eigenvalue weighted by Crippen LogP contribution is -2.55. The summed E-state index contributed by atoms with van der Waals surface area (Å²) >= 11 is 0. The fourth-order valence-electron chi connectivity index (χ4n) is 2.84. The average Bonchev–Trinajstić information content (AvgIpc) is 3.27. The second-order valence-corrected chi connectivity index (χ2v) is 5.81. The summed E-state index contributed by atoms with van der Waals surface area (Å²) < 4.78 is 13.2. The van der Waals surface area contributed by atoms with Crippen molar-refractivity contribution in [2.45, 2.75) is 25.8 Å². The number of amides is 1. The Morgan fingerprint density at radius 3 is 2.81 bits per heavy atom. The summed E-state index contributed by atoms with van der Waals surface area (Å²) in [6.45, 7) is 3.67. The van der Waals surface area contributed by atoms with Crippen LogP contribution in [0, 0.1) is 22.7 Å². The van der Waals surface area contributed by atoms with E-state index in [1.54, 1.807) is 17.0 Å². The first kappa shape index (κ1) is 13.8.